The molecule has 0 saturated heterocycles. The number of benzene rings is 1. The molecule has 7 nitrogen and oxygen atoms in total. The number of nitrogens with one attached hydrogen (secondary N) is 1. The molecular formula is C20H33NO6. The number of ether oxygens (including phenoxy) is 2. The van der Waals surface area contributed by atoms with Crippen LogP contribution in [-0.4, -0.2) is 55.6 Å². The summed E-state index contributed by atoms with van der Waals surface area (Å²) in [5.74, 6) is -2.09. The molecule has 0 unspecified atom stereocenters. The minimum atomic E-state index is -1.82. The van der Waals surface area contributed by atoms with Gasteiger partial charge >= 0.3 is 11.9 Å². The van der Waals surface area contributed by atoms with Crippen molar-refractivity contribution < 1.29 is 29.3 Å². The second kappa shape index (κ2) is 15.0. The lowest BCUT2D eigenvalue weighted by molar-refractivity contribution is -0.159. The lowest BCUT2D eigenvalue weighted by Crippen LogP contribution is -2.18. The molecule has 27 heavy (non-hydrogen) atoms. The summed E-state index contributed by atoms with van der Waals surface area (Å²) in [6.07, 6.45) is 3.31. The van der Waals surface area contributed by atoms with Crippen LogP contribution in [0.4, 0.5) is 0 Å². The highest BCUT2D eigenvalue weighted by molar-refractivity contribution is 6.27. The Kier molecular flexibility index (Phi) is 13.8. The van der Waals surface area contributed by atoms with Gasteiger partial charge < -0.3 is 25.0 Å². The van der Waals surface area contributed by atoms with Crippen molar-refractivity contribution in [3.8, 4) is 5.75 Å². The number of hydrogen-bond donors (Lipinski definition) is 3. The Hall–Kier alpha value is -2.12. The first-order chi connectivity index (χ1) is 12.8. The van der Waals surface area contributed by atoms with E-state index < -0.39 is 11.9 Å². The van der Waals surface area contributed by atoms with Gasteiger partial charge in [0, 0.05) is 13.7 Å². The van der Waals surface area contributed by atoms with Crippen LogP contribution in [0.3, 0.4) is 0 Å². The van der Waals surface area contributed by atoms with Crippen molar-refractivity contribution in [1.29, 1.82) is 0 Å². The molecule has 7 heteroatoms. The molecule has 0 radical (unpaired) electrons. The molecule has 1 aromatic carbocycles. The molecule has 0 aliphatic heterocycles. The van der Waals surface area contributed by atoms with Crippen molar-refractivity contribution in [2.24, 2.45) is 0 Å². The first-order valence-electron chi connectivity index (χ1n) is 9.18. The number of hydrogen-bond acceptors (Lipinski definition) is 5. The number of carboxylic acids is 2. The van der Waals surface area contributed by atoms with Crippen LogP contribution in [-0.2, 0) is 14.3 Å². The molecule has 0 spiro atoms. The maximum Gasteiger partial charge on any atom is 0.414 e. The topological polar surface area (TPSA) is 105 Å². The van der Waals surface area contributed by atoms with Crippen molar-refractivity contribution in [3.05, 3.63) is 29.3 Å². The van der Waals surface area contributed by atoms with Crippen LogP contribution in [0, 0.1) is 6.92 Å². The highest BCUT2D eigenvalue weighted by atomic mass is 16.5. The number of aliphatic carboxylic acids is 2. The molecule has 0 fully saturated rings. The third-order valence-electron chi connectivity index (χ3n) is 3.76. The van der Waals surface area contributed by atoms with E-state index in [1.54, 1.807) is 7.11 Å². The van der Waals surface area contributed by atoms with E-state index in [0.717, 1.165) is 51.3 Å². The minimum Gasteiger partial charge on any atom is -0.494 e. The second-order valence-electron chi connectivity index (χ2n) is 6.44. The van der Waals surface area contributed by atoms with E-state index >= 15 is 0 Å². The van der Waals surface area contributed by atoms with Crippen LogP contribution >= 0.6 is 0 Å². The average Bonchev–Trinajstić information content (AvgIpc) is 2.60. The quantitative estimate of drug-likeness (QED) is 0.398. The minimum absolute atomic E-state index is 0.572. The van der Waals surface area contributed by atoms with Gasteiger partial charge in [-0.1, -0.05) is 19.9 Å². The summed E-state index contributed by atoms with van der Waals surface area (Å²) in [5.41, 5.74) is 2.73. The number of carboxylic acid groups (broad SMARTS) is 2. The molecule has 1 rings (SSSR count). The fraction of sp³-hybridized carbons (Fsp3) is 0.600. The SMILES string of the molecule is COCCCNCCCCOc1ccc(C(C)C)c(C)c1.O=C(O)C(=O)O. The van der Waals surface area contributed by atoms with Crippen LogP contribution in [0.5, 0.6) is 5.75 Å². The van der Waals surface area contributed by atoms with Gasteiger partial charge in [-0.3, -0.25) is 0 Å². The standard InChI is InChI=1S/C18H31NO2.C2H2O4/c1-15(2)18-9-8-17(14-16(18)3)21-13-6-5-10-19-11-7-12-20-4;3-1(4)2(5)6/h8-9,14-15,19H,5-7,10-13H2,1-4H3;(H,3,4)(H,5,6). The van der Waals surface area contributed by atoms with Crippen molar-refractivity contribution >= 4 is 11.9 Å². The van der Waals surface area contributed by atoms with Crippen molar-refractivity contribution in [2.45, 2.75) is 46.0 Å². The third-order valence-corrected chi connectivity index (χ3v) is 3.76. The van der Waals surface area contributed by atoms with Crippen molar-refractivity contribution in [2.75, 3.05) is 33.4 Å². The molecule has 0 atom stereocenters. The van der Waals surface area contributed by atoms with Gasteiger partial charge in [0.25, 0.3) is 0 Å². The second-order valence-corrected chi connectivity index (χ2v) is 6.44. The van der Waals surface area contributed by atoms with Gasteiger partial charge in [0.2, 0.25) is 0 Å². The van der Waals surface area contributed by atoms with Crippen LogP contribution in [0.25, 0.3) is 0 Å². The summed E-state index contributed by atoms with van der Waals surface area (Å²) in [4.78, 5) is 18.2. The molecule has 0 aromatic heterocycles. The van der Waals surface area contributed by atoms with E-state index in [1.807, 2.05) is 0 Å². The van der Waals surface area contributed by atoms with Gasteiger partial charge in [-0.25, -0.2) is 9.59 Å². The number of aryl methyl sites for hydroxylation is 1. The molecule has 0 bridgehead atoms. The molecule has 0 amide bonds. The lowest BCUT2D eigenvalue weighted by atomic mass is 9.98. The van der Waals surface area contributed by atoms with Crippen LogP contribution in [0.15, 0.2) is 18.2 Å². The zero-order chi connectivity index (χ0) is 20.7. The lowest BCUT2D eigenvalue weighted by Gasteiger charge is -2.12. The largest absolute Gasteiger partial charge is 0.494 e. The van der Waals surface area contributed by atoms with E-state index in [-0.39, 0.29) is 0 Å². The summed E-state index contributed by atoms with van der Waals surface area (Å²) in [5, 5.41) is 18.2. The number of rotatable bonds is 11. The maximum atomic E-state index is 9.10. The summed E-state index contributed by atoms with van der Waals surface area (Å²) >= 11 is 0. The predicted octanol–water partition coefficient (Wildman–Crippen LogP) is 3.06. The normalized spacial score (nSPS) is 10.3. The highest BCUT2D eigenvalue weighted by Crippen LogP contribution is 2.23. The van der Waals surface area contributed by atoms with Crippen LogP contribution in [0.2, 0.25) is 0 Å². The molecule has 0 aliphatic rings. The summed E-state index contributed by atoms with van der Waals surface area (Å²) in [6, 6.07) is 6.43. The fourth-order valence-corrected chi connectivity index (χ4v) is 2.39. The average molecular weight is 383 g/mol. The van der Waals surface area contributed by atoms with Crippen LogP contribution in [0.1, 0.15) is 50.2 Å². The van der Waals surface area contributed by atoms with Gasteiger partial charge in [-0.2, -0.15) is 0 Å². The Labute approximate surface area is 161 Å². The van der Waals surface area contributed by atoms with E-state index in [9.17, 15) is 0 Å². The fourth-order valence-electron chi connectivity index (χ4n) is 2.39. The predicted molar refractivity (Wildman–Crippen MR) is 105 cm³/mol. The first kappa shape index (κ1) is 24.9. The summed E-state index contributed by atoms with van der Waals surface area (Å²) in [6.45, 7) is 10.3. The van der Waals surface area contributed by atoms with Crippen molar-refractivity contribution in [1.82, 2.24) is 5.32 Å². The first-order valence-corrected chi connectivity index (χ1v) is 9.18. The molecular weight excluding hydrogens is 350 g/mol. The third kappa shape index (κ3) is 12.8. The van der Waals surface area contributed by atoms with Gasteiger partial charge in [0.1, 0.15) is 5.75 Å². The van der Waals surface area contributed by atoms with Gasteiger partial charge in [-0.05, 0) is 68.5 Å². The Morgan fingerprint density at radius 3 is 2.19 bits per heavy atom. The van der Waals surface area contributed by atoms with E-state index in [0.29, 0.717) is 5.92 Å². The molecule has 0 saturated carbocycles. The number of methoxy groups -OCH3 is 1. The number of carbonyl (C=O) groups is 2. The van der Waals surface area contributed by atoms with Gasteiger partial charge in [-0.15, -0.1) is 0 Å². The van der Waals surface area contributed by atoms with Gasteiger partial charge in [0.05, 0.1) is 6.61 Å². The molecule has 1 aromatic rings. The highest BCUT2D eigenvalue weighted by Gasteiger charge is 2.05. The Morgan fingerprint density at radius 2 is 1.67 bits per heavy atom. The van der Waals surface area contributed by atoms with Gasteiger partial charge in [0.15, 0.2) is 0 Å². The molecule has 3 N–H and O–H groups in total. The van der Waals surface area contributed by atoms with E-state index in [2.05, 4.69) is 44.3 Å². The molecule has 0 aliphatic carbocycles. The Bertz CT molecular complexity index is 547. The zero-order valence-corrected chi connectivity index (χ0v) is 16.8. The molecule has 154 valence electrons. The van der Waals surface area contributed by atoms with E-state index in [1.165, 1.54) is 11.1 Å². The smallest absolute Gasteiger partial charge is 0.414 e. The zero-order valence-electron chi connectivity index (χ0n) is 16.8. The summed E-state index contributed by atoms with van der Waals surface area (Å²) in [7, 11) is 1.74. The van der Waals surface area contributed by atoms with Crippen LogP contribution < -0.4 is 10.1 Å². The number of unbranched alkanes of at least 4 members (excludes halogenated alkanes) is 1. The Morgan fingerprint density at radius 1 is 1.04 bits per heavy atom. The van der Waals surface area contributed by atoms with Crippen molar-refractivity contribution in [3.63, 3.8) is 0 Å². The van der Waals surface area contributed by atoms with E-state index in [4.69, 9.17) is 29.3 Å². The monoisotopic (exact) mass is 383 g/mol. The maximum absolute atomic E-state index is 9.10. The molecule has 0 heterocycles. The summed E-state index contributed by atoms with van der Waals surface area (Å²) < 4.78 is 10.8. The Balaban J connectivity index is 0.000000972.